The molecular formula is C23H23N5O4S. The van der Waals surface area contributed by atoms with E-state index in [0.29, 0.717) is 36.4 Å². The summed E-state index contributed by atoms with van der Waals surface area (Å²) in [5.41, 5.74) is 3.94. The van der Waals surface area contributed by atoms with Gasteiger partial charge in [0.05, 0.1) is 36.0 Å². The number of fused-ring (bicyclic) bond motifs is 1. The molecule has 0 spiro atoms. The molecule has 0 aliphatic heterocycles. The summed E-state index contributed by atoms with van der Waals surface area (Å²) in [6.07, 6.45) is 7.03. The number of rotatable bonds is 6. The van der Waals surface area contributed by atoms with E-state index in [-0.39, 0.29) is 12.0 Å². The summed E-state index contributed by atoms with van der Waals surface area (Å²) in [6.45, 7) is 2.22. The molecule has 4 rings (SSSR count). The van der Waals surface area contributed by atoms with Gasteiger partial charge in [0.1, 0.15) is 17.2 Å². The number of carbonyl (C=O) groups excluding carboxylic acids is 2. The van der Waals surface area contributed by atoms with Crippen LogP contribution < -0.4 is 10.6 Å². The Balaban J connectivity index is 1.36. The van der Waals surface area contributed by atoms with Crippen LogP contribution in [0.25, 0.3) is 6.08 Å². The van der Waals surface area contributed by atoms with Gasteiger partial charge in [-0.25, -0.2) is 4.79 Å². The molecule has 3 aromatic heterocycles. The summed E-state index contributed by atoms with van der Waals surface area (Å²) < 4.78 is 12.3. The minimum absolute atomic E-state index is 0.291. The molecule has 1 atom stereocenters. The van der Waals surface area contributed by atoms with Gasteiger partial charge in [-0.2, -0.15) is 10.4 Å². The van der Waals surface area contributed by atoms with E-state index < -0.39 is 6.09 Å². The third-order valence-corrected chi connectivity index (χ3v) is 6.50. The highest BCUT2D eigenvalue weighted by molar-refractivity contribution is 7.16. The molecule has 0 saturated carbocycles. The number of thiophene rings is 1. The molecule has 0 bridgehead atoms. The van der Waals surface area contributed by atoms with Crippen molar-refractivity contribution in [3.8, 4) is 6.07 Å². The molecule has 1 unspecified atom stereocenters. The Morgan fingerprint density at radius 3 is 3.03 bits per heavy atom. The van der Waals surface area contributed by atoms with Crippen molar-refractivity contribution in [2.24, 2.45) is 7.05 Å². The number of alkyl carbamates (subject to hydrolysis) is 1. The van der Waals surface area contributed by atoms with Crippen molar-refractivity contribution in [1.82, 2.24) is 15.1 Å². The molecule has 33 heavy (non-hydrogen) atoms. The highest BCUT2D eigenvalue weighted by Gasteiger charge is 2.28. The smallest absolute Gasteiger partial charge is 0.407 e. The normalized spacial score (nSPS) is 15.1. The van der Waals surface area contributed by atoms with E-state index in [1.165, 1.54) is 29.9 Å². The fourth-order valence-electron chi connectivity index (χ4n) is 3.74. The number of hydrogen-bond acceptors (Lipinski definition) is 7. The topological polar surface area (TPSA) is 122 Å². The summed E-state index contributed by atoms with van der Waals surface area (Å²) in [4.78, 5) is 25.5. The van der Waals surface area contributed by atoms with E-state index in [2.05, 4.69) is 21.8 Å². The number of nitriles is 1. The molecule has 0 saturated heterocycles. The maximum absolute atomic E-state index is 12.3. The minimum atomic E-state index is -0.489. The second-order valence-corrected chi connectivity index (χ2v) is 8.83. The van der Waals surface area contributed by atoms with Crippen LogP contribution in [0.3, 0.4) is 0 Å². The first-order valence-corrected chi connectivity index (χ1v) is 11.2. The number of aromatic nitrogens is 2. The Labute approximate surface area is 194 Å². The average molecular weight is 466 g/mol. The van der Waals surface area contributed by atoms with Gasteiger partial charge >= 0.3 is 6.09 Å². The van der Waals surface area contributed by atoms with Gasteiger partial charge in [-0.05, 0) is 43.5 Å². The Morgan fingerprint density at radius 1 is 1.48 bits per heavy atom. The molecule has 0 radical (unpaired) electrons. The van der Waals surface area contributed by atoms with Crippen molar-refractivity contribution in [2.45, 2.75) is 38.8 Å². The van der Waals surface area contributed by atoms with Crippen LogP contribution in [0.5, 0.6) is 0 Å². The van der Waals surface area contributed by atoms with Gasteiger partial charge in [-0.15, -0.1) is 11.3 Å². The largest absolute Gasteiger partial charge is 0.472 e. The second kappa shape index (κ2) is 9.75. The number of ether oxygens (including phenoxy) is 1. The number of hydrogen-bond donors (Lipinski definition) is 2. The van der Waals surface area contributed by atoms with Crippen molar-refractivity contribution in [3.63, 3.8) is 0 Å². The van der Waals surface area contributed by atoms with Gasteiger partial charge in [-0.1, -0.05) is 0 Å². The van der Waals surface area contributed by atoms with Crippen molar-refractivity contribution in [3.05, 3.63) is 63.7 Å². The van der Waals surface area contributed by atoms with Gasteiger partial charge in [0.2, 0.25) is 5.91 Å². The number of nitrogens with one attached hydrogen (secondary N) is 2. The number of furan rings is 1. The maximum Gasteiger partial charge on any atom is 0.407 e. The SMILES string of the molecule is Cc1cc(CNC(=O)OC2CCc3c(sc(NC(=O)C=Cc4ccoc4)c3C#N)C2)n(C)n1. The first-order chi connectivity index (χ1) is 15.9. The van der Waals surface area contributed by atoms with Crippen molar-refractivity contribution in [2.75, 3.05) is 5.32 Å². The molecule has 1 aliphatic carbocycles. The Kier molecular flexibility index (Phi) is 6.60. The zero-order chi connectivity index (χ0) is 23.4. The van der Waals surface area contributed by atoms with Crippen LogP contribution in [-0.4, -0.2) is 27.9 Å². The molecular weight excluding hydrogens is 442 g/mol. The fraction of sp³-hybridized carbons (Fsp3) is 0.304. The van der Waals surface area contributed by atoms with Crippen LogP contribution in [0.2, 0.25) is 0 Å². The lowest BCUT2D eigenvalue weighted by Gasteiger charge is -2.22. The quantitative estimate of drug-likeness (QED) is 0.536. The number of carbonyl (C=O) groups is 2. The molecule has 2 amide bonds. The number of aryl methyl sites for hydroxylation is 2. The van der Waals surface area contributed by atoms with Gasteiger partial charge in [-0.3, -0.25) is 9.48 Å². The third-order valence-electron chi connectivity index (χ3n) is 5.33. The van der Waals surface area contributed by atoms with Crippen LogP contribution in [0.15, 0.2) is 35.2 Å². The Hall–Kier alpha value is -3.84. The number of amides is 2. The number of nitrogens with zero attached hydrogens (tertiary/aromatic N) is 3. The lowest BCUT2D eigenvalue weighted by molar-refractivity contribution is -0.111. The van der Waals surface area contributed by atoms with E-state index >= 15 is 0 Å². The van der Waals surface area contributed by atoms with Crippen LogP contribution in [-0.2, 0) is 36.0 Å². The molecule has 9 nitrogen and oxygen atoms in total. The van der Waals surface area contributed by atoms with Gasteiger partial charge < -0.3 is 19.8 Å². The van der Waals surface area contributed by atoms with Gasteiger partial charge in [0, 0.05) is 30.0 Å². The first-order valence-electron chi connectivity index (χ1n) is 10.4. The molecule has 0 aromatic carbocycles. The highest BCUT2D eigenvalue weighted by atomic mass is 32.1. The maximum atomic E-state index is 12.3. The predicted octanol–water partition coefficient (Wildman–Crippen LogP) is 3.69. The second-order valence-electron chi connectivity index (χ2n) is 7.72. The van der Waals surface area contributed by atoms with Crippen molar-refractivity contribution < 1.29 is 18.7 Å². The zero-order valence-electron chi connectivity index (χ0n) is 18.3. The summed E-state index contributed by atoms with van der Waals surface area (Å²) in [5, 5.41) is 20.0. The van der Waals surface area contributed by atoms with Crippen LogP contribution in [0, 0.1) is 18.3 Å². The Bertz CT molecular complexity index is 1230. The van der Waals surface area contributed by atoms with E-state index in [1.54, 1.807) is 16.8 Å². The molecule has 10 heteroatoms. The molecule has 1 aliphatic rings. The van der Waals surface area contributed by atoms with Crippen LogP contribution >= 0.6 is 11.3 Å². The highest BCUT2D eigenvalue weighted by Crippen LogP contribution is 2.38. The summed E-state index contributed by atoms with van der Waals surface area (Å²) in [7, 11) is 1.82. The standard InChI is InChI=1S/C23H23N5O4S/c1-14-9-16(28(2)27-14)12-25-23(30)32-17-4-5-18-19(11-24)22(33-20(18)10-17)26-21(29)6-3-15-7-8-31-13-15/h3,6-9,13,17H,4-5,10,12H2,1-2H3,(H,25,30)(H,26,29). The molecule has 2 N–H and O–H groups in total. The van der Waals surface area contributed by atoms with Crippen LogP contribution in [0.1, 0.15) is 39.4 Å². The minimum Gasteiger partial charge on any atom is -0.472 e. The van der Waals surface area contributed by atoms with E-state index in [1.807, 2.05) is 20.0 Å². The van der Waals surface area contributed by atoms with E-state index in [4.69, 9.17) is 9.15 Å². The van der Waals surface area contributed by atoms with Gasteiger partial charge in [0.15, 0.2) is 0 Å². The van der Waals surface area contributed by atoms with Crippen molar-refractivity contribution >= 4 is 34.4 Å². The average Bonchev–Trinajstić information content (AvgIpc) is 3.49. The fourth-order valence-corrected chi connectivity index (χ4v) is 5.01. The first kappa shape index (κ1) is 22.4. The van der Waals surface area contributed by atoms with Gasteiger partial charge in [0.25, 0.3) is 0 Å². The molecule has 3 aromatic rings. The monoisotopic (exact) mass is 465 g/mol. The van der Waals surface area contributed by atoms with Crippen molar-refractivity contribution in [1.29, 1.82) is 5.26 Å². The molecule has 3 heterocycles. The number of anilines is 1. The summed E-state index contributed by atoms with van der Waals surface area (Å²) in [5.74, 6) is -0.330. The predicted molar refractivity (Wildman–Crippen MR) is 122 cm³/mol. The van der Waals surface area contributed by atoms with Crippen LogP contribution in [0.4, 0.5) is 9.80 Å². The zero-order valence-corrected chi connectivity index (χ0v) is 19.1. The summed E-state index contributed by atoms with van der Waals surface area (Å²) >= 11 is 1.35. The lowest BCUT2D eigenvalue weighted by atomic mass is 9.94. The molecule has 170 valence electrons. The molecule has 0 fully saturated rings. The Morgan fingerprint density at radius 2 is 2.33 bits per heavy atom. The van der Waals surface area contributed by atoms with E-state index in [9.17, 15) is 14.9 Å². The van der Waals surface area contributed by atoms with E-state index in [0.717, 1.165) is 27.4 Å². The third kappa shape index (κ3) is 5.32. The summed E-state index contributed by atoms with van der Waals surface area (Å²) in [6, 6.07) is 5.85. The lowest BCUT2D eigenvalue weighted by Crippen LogP contribution is -2.32.